The molecule has 0 saturated heterocycles. The number of anilines is 1. The van der Waals surface area contributed by atoms with Crippen molar-refractivity contribution in [2.24, 2.45) is 0 Å². The number of nitrogens with one attached hydrogen (secondary N) is 1. The second-order valence-corrected chi connectivity index (χ2v) is 9.02. The molecule has 1 aromatic carbocycles. The van der Waals surface area contributed by atoms with Crippen LogP contribution in [0.3, 0.4) is 0 Å². The van der Waals surface area contributed by atoms with Gasteiger partial charge in [0.25, 0.3) is 0 Å². The number of hydrogen-bond donors (Lipinski definition) is 1. The van der Waals surface area contributed by atoms with Crippen LogP contribution in [0, 0.1) is 0 Å². The van der Waals surface area contributed by atoms with Gasteiger partial charge in [-0.25, -0.2) is 12.7 Å². The van der Waals surface area contributed by atoms with Gasteiger partial charge in [0.15, 0.2) is 0 Å². The number of carbonyl (C=O) groups is 1. The van der Waals surface area contributed by atoms with Crippen LogP contribution in [0.25, 0.3) is 0 Å². The third-order valence-corrected chi connectivity index (χ3v) is 6.87. The molecule has 22 heavy (non-hydrogen) atoms. The molecule has 2 rings (SSSR count). The molecular formula is C15H22N2O3S2. The fourth-order valence-electron chi connectivity index (χ4n) is 2.37. The molecule has 122 valence electrons. The van der Waals surface area contributed by atoms with Crippen molar-refractivity contribution in [3.8, 4) is 0 Å². The maximum Gasteiger partial charge on any atom is 0.242 e. The van der Waals surface area contributed by atoms with Gasteiger partial charge in [-0.1, -0.05) is 12.8 Å². The van der Waals surface area contributed by atoms with E-state index in [9.17, 15) is 13.2 Å². The lowest BCUT2D eigenvalue weighted by Gasteiger charge is -2.12. The highest BCUT2D eigenvalue weighted by atomic mass is 32.2. The predicted octanol–water partition coefficient (Wildman–Crippen LogP) is 2.55. The lowest BCUT2D eigenvalue weighted by molar-refractivity contribution is -0.113. The molecule has 1 amide bonds. The van der Waals surface area contributed by atoms with Crippen LogP contribution in [0.2, 0.25) is 0 Å². The van der Waals surface area contributed by atoms with E-state index in [1.54, 1.807) is 23.9 Å². The summed E-state index contributed by atoms with van der Waals surface area (Å²) in [4.78, 5) is 12.1. The number of benzene rings is 1. The fraction of sp³-hybridized carbons (Fsp3) is 0.533. The summed E-state index contributed by atoms with van der Waals surface area (Å²) in [6.45, 7) is 0. The summed E-state index contributed by atoms with van der Waals surface area (Å²) in [6, 6.07) is 6.26. The molecule has 0 unspecified atom stereocenters. The Morgan fingerprint density at radius 2 is 1.82 bits per heavy atom. The normalized spacial score (nSPS) is 16.1. The van der Waals surface area contributed by atoms with Gasteiger partial charge in [0, 0.05) is 25.0 Å². The lowest BCUT2D eigenvalue weighted by Crippen LogP contribution is -2.22. The van der Waals surface area contributed by atoms with E-state index in [2.05, 4.69) is 5.32 Å². The maximum atomic E-state index is 12.0. The van der Waals surface area contributed by atoms with E-state index < -0.39 is 10.0 Å². The van der Waals surface area contributed by atoms with Crippen LogP contribution in [0.1, 0.15) is 25.7 Å². The molecule has 7 heteroatoms. The van der Waals surface area contributed by atoms with Gasteiger partial charge in [-0.2, -0.15) is 0 Å². The van der Waals surface area contributed by atoms with Crippen LogP contribution in [0.5, 0.6) is 0 Å². The minimum absolute atomic E-state index is 0.0416. The Balaban J connectivity index is 1.89. The van der Waals surface area contributed by atoms with Crippen molar-refractivity contribution in [3.63, 3.8) is 0 Å². The van der Waals surface area contributed by atoms with Crippen LogP contribution in [-0.4, -0.2) is 43.7 Å². The van der Waals surface area contributed by atoms with Crippen LogP contribution >= 0.6 is 11.8 Å². The molecule has 0 aliphatic heterocycles. The topological polar surface area (TPSA) is 66.5 Å². The molecule has 1 fully saturated rings. The summed E-state index contributed by atoms with van der Waals surface area (Å²) < 4.78 is 25.1. The standard InChI is InChI=1S/C15H22N2O3S2/c1-17(2)22(19,20)14-9-7-12(8-10-14)16-15(18)11-21-13-5-3-4-6-13/h7-10,13H,3-6,11H2,1-2H3,(H,16,18). The Morgan fingerprint density at radius 3 is 2.36 bits per heavy atom. The van der Waals surface area contributed by atoms with Crippen LogP contribution in [0.15, 0.2) is 29.2 Å². The minimum atomic E-state index is -3.43. The number of carbonyl (C=O) groups excluding carboxylic acids is 1. The van der Waals surface area contributed by atoms with E-state index in [-0.39, 0.29) is 10.8 Å². The first-order valence-corrected chi connectivity index (χ1v) is 9.82. The zero-order chi connectivity index (χ0) is 16.2. The fourth-order valence-corrected chi connectivity index (χ4v) is 4.39. The van der Waals surface area contributed by atoms with Crippen molar-refractivity contribution in [1.82, 2.24) is 4.31 Å². The molecule has 1 saturated carbocycles. The number of amides is 1. The highest BCUT2D eigenvalue weighted by Gasteiger charge is 2.18. The third-order valence-electron chi connectivity index (χ3n) is 3.67. The summed E-state index contributed by atoms with van der Waals surface area (Å²) >= 11 is 1.71. The van der Waals surface area contributed by atoms with Gasteiger partial charge < -0.3 is 5.32 Å². The van der Waals surface area contributed by atoms with E-state index >= 15 is 0 Å². The number of thioether (sulfide) groups is 1. The zero-order valence-electron chi connectivity index (χ0n) is 12.9. The van der Waals surface area contributed by atoms with E-state index in [1.165, 1.54) is 56.2 Å². The maximum absolute atomic E-state index is 12.0. The SMILES string of the molecule is CN(C)S(=O)(=O)c1ccc(NC(=O)CSC2CCCC2)cc1. The minimum Gasteiger partial charge on any atom is -0.325 e. The molecule has 5 nitrogen and oxygen atoms in total. The number of rotatable bonds is 6. The van der Waals surface area contributed by atoms with Gasteiger partial charge in [0.1, 0.15) is 0 Å². The first-order valence-electron chi connectivity index (χ1n) is 7.33. The van der Waals surface area contributed by atoms with Crippen molar-refractivity contribution < 1.29 is 13.2 Å². The Kier molecular flexibility index (Phi) is 5.88. The summed E-state index contributed by atoms with van der Waals surface area (Å²) in [5.41, 5.74) is 0.620. The molecule has 0 spiro atoms. The zero-order valence-corrected chi connectivity index (χ0v) is 14.5. The first-order chi connectivity index (χ1) is 10.4. The van der Waals surface area contributed by atoms with Gasteiger partial charge in [-0.05, 0) is 37.1 Å². The summed E-state index contributed by atoms with van der Waals surface area (Å²) in [6.07, 6.45) is 4.94. The average molecular weight is 342 g/mol. The Hall–Kier alpha value is -1.05. The summed E-state index contributed by atoms with van der Waals surface area (Å²) in [5, 5.41) is 3.42. The average Bonchev–Trinajstić information content (AvgIpc) is 2.99. The lowest BCUT2D eigenvalue weighted by atomic mass is 10.3. The molecular weight excluding hydrogens is 320 g/mol. The molecule has 0 radical (unpaired) electrons. The highest BCUT2D eigenvalue weighted by Crippen LogP contribution is 2.29. The third kappa shape index (κ3) is 4.47. The van der Waals surface area contributed by atoms with Gasteiger partial charge in [0.05, 0.1) is 10.6 Å². The first kappa shape index (κ1) is 17.3. The van der Waals surface area contributed by atoms with Crippen LogP contribution < -0.4 is 5.32 Å². The second-order valence-electron chi connectivity index (χ2n) is 5.58. The molecule has 1 aromatic rings. The predicted molar refractivity (Wildman–Crippen MR) is 90.7 cm³/mol. The van der Waals surface area contributed by atoms with Crippen molar-refractivity contribution in [2.45, 2.75) is 35.8 Å². The second kappa shape index (κ2) is 7.48. The number of nitrogens with zero attached hydrogens (tertiary/aromatic N) is 1. The van der Waals surface area contributed by atoms with Crippen LogP contribution in [0.4, 0.5) is 5.69 Å². The van der Waals surface area contributed by atoms with E-state index in [4.69, 9.17) is 0 Å². The van der Waals surface area contributed by atoms with E-state index in [0.717, 1.165) is 0 Å². The molecule has 0 atom stereocenters. The molecule has 1 aliphatic rings. The summed E-state index contributed by atoms with van der Waals surface area (Å²) in [5.74, 6) is 0.405. The highest BCUT2D eigenvalue weighted by molar-refractivity contribution is 8.00. The van der Waals surface area contributed by atoms with Gasteiger partial charge in [-0.3, -0.25) is 4.79 Å². The van der Waals surface area contributed by atoms with Gasteiger partial charge >= 0.3 is 0 Å². The van der Waals surface area contributed by atoms with Crippen LogP contribution in [-0.2, 0) is 14.8 Å². The monoisotopic (exact) mass is 342 g/mol. The largest absolute Gasteiger partial charge is 0.325 e. The Morgan fingerprint density at radius 1 is 1.23 bits per heavy atom. The number of sulfonamides is 1. The smallest absolute Gasteiger partial charge is 0.242 e. The van der Waals surface area contributed by atoms with Crippen molar-refractivity contribution in [2.75, 3.05) is 25.2 Å². The Bertz CT molecular complexity index is 606. The van der Waals surface area contributed by atoms with E-state index in [1.807, 2.05) is 0 Å². The Labute approximate surface area is 136 Å². The molecule has 0 bridgehead atoms. The summed E-state index contributed by atoms with van der Waals surface area (Å²) in [7, 11) is -0.444. The quantitative estimate of drug-likeness (QED) is 0.863. The van der Waals surface area contributed by atoms with Crippen molar-refractivity contribution in [1.29, 1.82) is 0 Å². The molecule has 0 heterocycles. The van der Waals surface area contributed by atoms with Gasteiger partial charge in [0.2, 0.25) is 15.9 Å². The van der Waals surface area contributed by atoms with Crippen molar-refractivity contribution >= 4 is 33.4 Å². The molecule has 0 aromatic heterocycles. The van der Waals surface area contributed by atoms with Crippen molar-refractivity contribution in [3.05, 3.63) is 24.3 Å². The molecule has 1 aliphatic carbocycles. The van der Waals surface area contributed by atoms with Gasteiger partial charge in [-0.15, -0.1) is 11.8 Å². The number of hydrogen-bond acceptors (Lipinski definition) is 4. The van der Waals surface area contributed by atoms with E-state index in [0.29, 0.717) is 16.7 Å². The molecule has 1 N–H and O–H groups in total.